The van der Waals surface area contributed by atoms with Crippen molar-refractivity contribution in [1.29, 1.82) is 0 Å². The quantitative estimate of drug-likeness (QED) is 0.554. The van der Waals surface area contributed by atoms with E-state index in [4.69, 9.17) is 10.5 Å². The van der Waals surface area contributed by atoms with Gasteiger partial charge in [0.25, 0.3) is 17.7 Å². The SMILES string of the molecule is NC(=O)O[C@H](C(=O)NCc1ccc2c(c1)CN(C1C=CC(=O)NC1=O)C2=O)c1ccccc1. The number of hydrogen-bond donors (Lipinski definition) is 3. The molecule has 0 radical (unpaired) electrons. The zero-order chi connectivity index (χ0) is 23.5. The van der Waals surface area contributed by atoms with Gasteiger partial charge >= 0.3 is 6.09 Å². The van der Waals surface area contributed by atoms with Gasteiger partial charge in [-0.05, 0) is 23.3 Å². The Balaban J connectivity index is 1.45. The first-order chi connectivity index (χ1) is 15.8. The number of nitrogens with zero attached hydrogens (tertiary/aromatic N) is 1. The molecule has 10 heteroatoms. The lowest BCUT2D eigenvalue weighted by Crippen LogP contribution is -2.49. The van der Waals surface area contributed by atoms with Gasteiger partial charge in [0.15, 0.2) is 0 Å². The van der Waals surface area contributed by atoms with Gasteiger partial charge in [-0.25, -0.2) is 4.79 Å². The van der Waals surface area contributed by atoms with Gasteiger partial charge in [0, 0.05) is 30.3 Å². The first-order valence-electron chi connectivity index (χ1n) is 10.1. The lowest BCUT2D eigenvalue weighted by atomic mass is 10.1. The van der Waals surface area contributed by atoms with Crippen LogP contribution in [0.5, 0.6) is 0 Å². The predicted octanol–water partition coefficient (Wildman–Crippen LogP) is 0.676. The maximum atomic E-state index is 12.7. The fraction of sp³-hybridized carbons (Fsp3) is 0.174. The Morgan fingerprint density at radius 3 is 2.61 bits per heavy atom. The monoisotopic (exact) mass is 448 g/mol. The predicted molar refractivity (Wildman–Crippen MR) is 114 cm³/mol. The molecule has 1 unspecified atom stereocenters. The molecule has 0 aliphatic carbocycles. The summed E-state index contributed by atoms with van der Waals surface area (Å²) in [5.74, 6) is -1.95. The highest BCUT2D eigenvalue weighted by atomic mass is 16.6. The molecular weight excluding hydrogens is 428 g/mol. The molecule has 2 aromatic rings. The van der Waals surface area contributed by atoms with Crippen molar-refractivity contribution >= 4 is 29.7 Å². The molecule has 2 atom stereocenters. The normalized spacial score (nSPS) is 17.9. The van der Waals surface area contributed by atoms with Gasteiger partial charge in [-0.3, -0.25) is 24.5 Å². The Morgan fingerprint density at radius 2 is 1.91 bits per heavy atom. The number of hydrogen-bond acceptors (Lipinski definition) is 6. The van der Waals surface area contributed by atoms with Gasteiger partial charge in [0.05, 0.1) is 0 Å². The van der Waals surface area contributed by atoms with Crippen LogP contribution in [0.1, 0.15) is 33.2 Å². The molecule has 5 amide bonds. The second-order valence-corrected chi connectivity index (χ2v) is 7.53. The number of fused-ring (bicyclic) bond motifs is 1. The third-order valence-electron chi connectivity index (χ3n) is 5.32. The van der Waals surface area contributed by atoms with Crippen LogP contribution in [-0.4, -0.2) is 40.7 Å². The Hall–Kier alpha value is -4.47. The summed E-state index contributed by atoms with van der Waals surface area (Å²) in [6.45, 7) is 0.300. The highest BCUT2D eigenvalue weighted by Gasteiger charge is 2.37. The maximum absolute atomic E-state index is 12.7. The molecule has 2 heterocycles. The van der Waals surface area contributed by atoms with Crippen molar-refractivity contribution in [2.45, 2.75) is 25.2 Å². The van der Waals surface area contributed by atoms with E-state index in [1.807, 2.05) is 0 Å². The van der Waals surface area contributed by atoms with E-state index in [9.17, 15) is 24.0 Å². The fourth-order valence-corrected chi connectivity index (χ4v) is 3.78. The number of carbonyl (C=O) groups is 5. The number of nitrogens with two attached hydrogens (primary N) is 1. The molecule has 4 N–H and O–H groups in total. The first kappa shape index (κ1) is 21.8. The van der Waals surface area contributed by atoms with Crippen LogP contribution in [0.3, 0.4) is 0 Å². The first-order valence-corrected chi connectivity index (χ1v) is 10.1. The van der Waals surface area contributed by atoms with E-state index >= 15 is 0 Å². The molecule has 4 rings (SSSR count). The summed E-state index contributed by atoms with van der Waals surface area (Å²) in [5, 5.41) is 4.89. The van der Waals surface area contributed by atoms with Gasteiger partial charge in [0.1, 0.15) is 6.04 Å². The van der Waals surface area contributed by atoms with Crippen molar-refractivity contribution in [2.75, 3.05) is 0 Å². The molecule has 33 heavy (non-hydrogen) atoms. The van der Waals surface area contributed by atoms with E-state index in [1.165, 1.54) is 17.1 Å². The molecule has 0 fully saturated rings. The van der Waals surface area contributed by atoms with Crippen LogP contribution >= 0.6 is 0 Å². The molecule has 0 saturated carbocycles. The van der Waals surface area contributed by atoms with Crippen LogP contribution in [0.25, 0.3) is 0 Å². The van der Waals surface area contributed by atoms with Gasteiger partial charge in [-0.15, -0.1) is 0 Å². The van der Waals surface area contributed by atoms with Crippen LogP contribution in [0, 0.1) is 0 Å². The van der Waals surface area contributed by atoms with Crippen molar-refractivity contribution in [1.82, 2.24) is 15.5 Å². The Morgan fingerprint density at radius 1 is 1.15 bits per heavy atom. The molecular formula is C23H20N4O6. The summed E-state index contributed by atoms with van der Waals surface area (Å²) in [7, 11) is 0. The number of benzene rings is 2. The molecule has 10 nitrogen and oxygen atoms in total. The Labute approximate surface area is 188 Å². The van der Waals surface area contributed by atoms with Crippen molar-refractivity contribution < 1.29 is 28.7 Å². The number of imide groups is 1. The molecule has 2 aliphatic heterocycles. The lowest BCUT2D eigenvalue weighted by molar-refractivity contribution is -0.131. The smallest absolute Gasteiger partial charge is 0.405 e. The summed E-state index contributed by atoms with van der Waals surface area (Å²) >= 11 is 0. The van der Waals surface area contributed by atoms with Crippen LogP contribution in [0.15, 0.2) is 60.7 Å². The molecule has 2 aromatic carbocycles. The molecule has 0 spiro atoms. The average Bonchev–Trinajstić information content (AvgIpc) is 3.12. The van der Waals surface area contributed by atoms with Crippen LogP contribution in [0.4, 0.5) is 4.79 Å². The highest BCUT2D eigenvalue weighted by Crippen LogP contribution is 2.27. The van der Waals surface area contributed by atoms with Crippen molar-refractivity contribution in [2.24, 2.45) is 5.73 Å². The minimum Gasteiger partial charge on any atom is -0.431 e. The zero-order valence-electron chi connectivity index (χ0n) is 17.3. The average molecular weight is 448 g/mol. The minimum absolute atomic E-state index is 0.115. The topological polar surface area (TPSA) is 148 Å². The van der Waals surface area contributed by atoms with Crippen molar-refractivity contribution in [3.8, 4) is 0 Å². The maximum Gasteiger partial charge on any atom is 0.405 e. The van der Waals surface area contributed by atoms with Crippen LogP contribution in [0.2, 0.25) is 0 Å². The van der Waals surface area contributed by atoms with E-state index in [1.54, 1.807) is 48.5 Å². The third kappa shape index (κ3) is 4.59. The second kappa shape index (κ2) is 8.95. The zero-order valence-corrected chi connectivity index (χ0v) is 17.3. The Bertz CT molecular complexity index is 1180. The van der Waals surface area contributed by atoms with E-state index in [0.29, 0.717) is 22.3 Å². The van der Waals surface area contributed by atoms with E-state index < -0.39 is 36.0 Å². The number of carbonyl (C=O) groups excluding carboxylic acids is 5. The van der Waals surface area contributed by atoms with Crippen LogP contribution in [-0.2, 0) is 32.2 Å². The third-order valence-corrected chi connectivity index (χ3v) is 5.32. The van der Waals surface area contributed by atoms with E-state index in [-0.39, 0.29) is 19.0 Å². The van der Waals surface area contributed by atoms with Crippen molar-refractivity contribution in [3.63, 3.8) is 0 Å². The number of nitrogens with one attached hydrogen (secondary N) is 2. The Kier molecular flexibility index (Phi) is 5.90. The number of rotatable bonds is 6. The van der Waals surface area contributed by atoms with Crippen molar-refractivity contribution in [3.05, 3.63) is 82.9 Å². The summed E-state index contributed by atoms with van der Waals surface area (Å²) in [6, 6.07) is 12.7. The highest BCUT2D eigenvalue weighted by molar-refractivity contribution is 6.09. The second-order valence-electron chi connectivity index (χ2n) is 7.53. The van der Waals surface area contributed by atoms with E-state index in [2.05, 4.69) is 10.6 Å². The number of ether oxygens (including phenoxy) is 1. The molecule has 168 valence electrons. The van der Waals surface area contributed by atoms with Gasteiger partial charge in [-0.1, -0.05) is 42.5 Å². The lowest BCUT2D eigenvalue weighted by Gasteiger charge is -2.25. The molecule has 0 bridgehead atoms. The van der Waals surface area contributed by atoms with Crippen LogP contribution < -0.4 is 16.4 Å². The fourth-order valence-electron chi connectivity index (χ4n) is 3.78. The summed E-state index contributed by atoms with van der Waals surface area (Å²) in [6.07, 6.45) is 0.349. The largest absolute Gasteiger partial charge is 0.431 e. The minimum atomic E-state index is -1.20. The number of primary amides is 1. The summed E-state index contributed by atoms with van der Waals surface area (Å²) in [5.41, 5.74) is 7.43. The summed E-state index contributed by atoms with van der Waals surface area (Å²) < 4.78 is 4.98. The molecule has 0 aromatic heterocycles. The van der Waals surface area contributed by atoms with Gasteiger partial charge < -0.3 is 20.7 Å². The van der Waals surface area contributed by atoms with Gasteiger partial charge in [0.2, 0.25) is 12.0 Å². The van der Waals surface area contributed by atoms with Gasteiger partial charge in [-0.2, -0.15) is 0 Å². The van der Waals surface area contributed by atoms with E-state index in [0.717, 1.165) is 0 Å². The number of amides is 5. The molecule has 0 saturated heterocycles. The molecule has 2 aliphatic rings. The standard InChI is InChI=1S/C23H20N4O6/c24-23(32)33-19(14-4-2-1-3-5-14)21(30)25-11-13-6-7-16-15(10-13)12-27(22(16)31)17-8-9-18(28)26-20(17)29/h1-10,17,19H,11-12H2,(H2,24,32)(H,25,30)(H,26,28,29)/t17?,19-/m0/s1. The summed E-state index contributed by atoms with van der Waals surface area (Å²) in [4.78, 5) is 61.5.